The van der Waals surface area contributed by atoms with E-state index in [-0.39, 0.29) is 11.9 Å². The molecule has 0 aromatic heterocycles. The Balaban J connectivity index is 1.66. The number of ether oxygens (including phenoxy) is 2. The zero-order valence-electron chi connectivity index (χ0n) is 20.5. The predicted molar refractivity (Wildman–Crippen MR) is 135 cm³/mol. The molecule has 35 heavy (non-hydrogen) atoms. The van der Waals surface area contributed by atoms with Gasteiger partial charge in [0.15, 0.2) is 11.5 Å². The van der Waals surface area contributed by atoms with E-state index >= 15 is 0 Å². The average molecular weight is 472 g/mol. The molecule has 7 heteroatoms. The molecule has 2 N–H and O–H groups in total. The fraction of sp³-hybridized carbons (Fsp3) is 0.286. The van der Waals surface area contributed by atoms with Crippen molar-refractivity contribution in [2.75, 3.05) is 17.3 Å². The van der Waals surface area contributed by atoms with Gasteiger partial charge in [0, 0.05) is 11.3 Å². The molecule has 1 fully saturated rings. The van der Waals surface area contributed by atoms with Gasteiger partial charge in [0.1, 0.15) is 5.92 Å². The van der Waals surface area contributed by atoms with Crippen molar-refractivity contribution in [1.29, 1.82) is 0 Å². The second-order valence-corrected chi connectivity index (χ2v) is 9.37. The molecule has 3 aromatic carbocycles. The number of para-hydroxylation sites is 2. The predicted octanol–water partition coefficient (Wildman–Crippen LogP) is 5.25. The van der Waals surface area contributed by atoms with E-state index in [1.165, 1.54) is 0 Å². The lowest BCUT2D eigenvalue weighted by atomic mass is 9.78. The van der Waals surface area contributed by atoms with Crippen LogP contribution in [0.1, 0.15) is 35.2 Å². The number of nitrogens with one attached hydrogen (secondary N) is 2. The minimum atomic E-state index is -1.32. The number of benzene rings is 3. The number of urea groups is 1. The van der Waals surface area contributed by atoms with Crippen molar-refractivity contribution < 1.29 is 19.1 Å². The number of methoxy groups -OCH3 is 1. The van der Waals surface area contributed by atoms with Gasteiger partial charge in [0.05, 0.1) is 18.8 Å². The van der Waals surface area contributed by atoms with Crippen LogP contribution in [0.3, 0.4) is 0 Å². The summed E-state index contributed by atoms with van der Waals surface area (Å²) in [6.45, 7) is 7.70. The number of amides is 3. The molecule has 0 aliphatic carbocycles. The Hall–Kier alpha value is -4.00. The zero-order chi connectivity index (χ0) is 24.9. The maximum atomic E-state index is 14.0. The van der Waals surface area contributed by atoms with Gasteiger partial charge in [-0.15, -0.1) is 0 Å². The third-order valence-corrected chi connectivity index (χ3v) is 6.99. The van der Waals surface area contributed by atoms with Crippen LogP contribution < -0.4 is 25.0 Å². The number of carbonyl (C=O) groups is 2. The highest BCUT2D eigenvalue weighted by Crippen LogP contribution is 2.52. The molecule has 5 rings (SSSR count). The number of nitrogens with zero attached hydrogens (tertiary/aromatic N) is 1. The molecule has 2 bridgehead atoms. The van der Waals surface area contributed by atoms with Crippen molar-refractivity contribution in [1.82, 2.24) is 5.32 Å². The Bertz CT molecular complexity index is 1340. The summed E-state index contributed by atoms with van der Waals surface area (Å²) in [5, 5.41) is 6.18. The van der Waals surface area contributed by atoms with Crippen molar-refractivity contribution in [3.8, 4) is 11.5 Å². The molecule has 0 radical (unpaired) electrons. The summed E-state index contributed by atoms with van der Waals surface area (Å²) in [6, 6.07) is 18.1. The molecule has 0 unspecified atom stereocenters. The first kappa shape index (κ1) is 22.8. The van der Waals surface area contributed by atoms with Gasteiger partial charge in [-0.2, -0.15) is 0 Å². The van der Waals surface area contributed by atoms with E-state index in [0.29, 0.717) is 22.7 Å². The first-order valence-corrected chi connectivity index (χ1v) is 11.6. The molecule has 3 atom stereocenters. The molecule has 2 aliphatic heterocycles. The number of anilines is 2. The van der Waals surface area contributed by atoms with Crippen molar-refractivity contribution >= 4 is 23.3 Å². The quantitative estimate of drug-likeness (QED) is 0.544. The minimum absolute atomic E-state index is 0.239. The third kappa shape index (κ3) is 3.58. The van der Waals surface area contributed by atoms with Gasteiger partial charge in [-0.05, 0) is 57.0 Å². The van der Waals surface area contributed by atoms with Gasteiger partial charge in [-0.1, -0.05) is 48.0 Å². The van der Waals surface area contributed by atoms with E-state index in [4.69, 9.17) is 9.47 Å². The third-order valence-electron chi connectivity index (χ3n) is 6.99. The minimum Gasteiger partial charge on any atom is -0.493 e. The second kappa shape index (κ2) is 8.34. The summed E-state index contributed by atoms with van der Waals surface area (Å²) in [6.07, 6.45) is 0. The summed E-state index contributed by atoms with van der Waals surface area (Å²) in [7, 11) is 1.58. The number of carbonyl (C=O) groups excluding carboxylic acids is 2. The largest absolute Gasteiger partial charge is 0.493 e. The number of rotatable bonds is 4. The van der Waals surface area contributed by atoms with Gasteiger partial charge >= 0.3 is 6.03 Å². The lowest BCUT2D eigenvalue weighted by Crippen LogP contribution is -2.72. The van der Waals surface area contributed by atoms with Crippen LogP contribution in [0.25, 0.3) is 0 Å². The Morgan fingerprint density at radius 3 is 2.54 bits per heavy atom. The molecule has 7 nitrogen and oxygen atoms in total. The molecular weight excluding hydrogens is 442 g/mol. The maximum absolute atomic E-state index is 14.0. The fourth-order valence-corrected chi connectivity index (χ4v) is 5.27. The van der Waals surface area contributed by atoms with Crippen LogP contribution in [0.5, 0.6) is 11.5 Å². The Labute approximate surface area is 205 Å². The SMILES string of the molecule is COc1cccc2c1O[C@@]1(C)[C@H](C(=O)Nc3ccc(C)cc3C)[C@H]2NC(=O)N1c1ccccc1C. The zero-order valence-corrected chi connectivity index (χ0v) is 20.5. The van der Waals surface area contributed by atoms with Gasteiger partial charge < -0.3 is 20.1 Å². The van der Waals surface area contributed by atoms with Crippen LogP contribution >= 0.6 is 0 Å². The molecule has 180 valence electrons. The van der Waals surface area contributed by atoms with E-state index in [0.717, 1.165) is 22.4 Å². The number of aryl methyl sites for hydroxylation is 3. The number of hydrogen-bond acceptors (Lipinski definition) is 4. The average Bonchev–Trinajstić information content (AvgIpc) is 2.81. The number of fused-ring (bicyclic) bond motifs is 4. The highest BCUT2D eigenvalue weighted by atomic mass is 16.5. The van der Waals surface area contributed by atoms with Crippen LogP contribution in [0.4, 0.5) is 16.2 Å². The monoisotopic (exact) mass is 471 g/mol. The van der Waals surface area contributed by atoms with Crippen LogP contribution in [-0.2, 0) is 4.79 Å². The molecular formula is C28H29N3O4. The Kier molecular flexibility index (Phi) is 5.43. The summed E-state index contributed by atoms with van der Waals surface area (Å²) >= 11 is 0. The summed E-state index contributed by atoms with van der Waals surface area (Å²) in [4.78, 5) is 29.0. The summed E-state index contributed by atoms with van der Waals surface area (Å²) in [5.41, 5.74) is 3.77. The van der Waals surface area contributed by atoms with Crippen molar-refractivity contribution in [3.63, 3.8) is 0 Å². The molecule has 2 heterocycles. The maximum Gasteiger partial charge on any atom is 0.325 e. The fourth-order valence-electron chi connectivity index (χ4n) is 5.27. The smallest absolute Gasteiger partial charge is 0.325 e. The summed E-state index contributed by atoms with van der Waals surface area (Å²) < 4.78 is 12.2. The number of hydrogen-bond donors (Lipinski definition) is 2. The normalized spacial score (nSPS) is 22.5. The van der Waals surface area contributed by atoms with Crippen LogP contribution in [-0.4, -0.2) is 24.8 Å². The van der Waals surface area contributed by atoms with Crippen molar-refractivity contribution in [3.05, 3.63) is 82.9 Å². The first-order valence-electron chi connectivity index (χ1n) is 11.6. The molecule has 0 saturated carbocycles. The van der Waals surface area contributed by atoms with Gasteiger partial charge in [-0.25, -0.2) is 4.79 Å². The second-order valence-electron chi connectivity index (χ2n) is 9.37. The lowest BCUT2D eigenvalue weighted by Gasteiger charge is -2.54. The Morgan fingerprint density at radius 2 is 1.83 bits per heavy atom. The van der Waals surface area contributed by atoms with Crippen molar-refractivity contribution in [2.45, 2.75) is 39.5 Å². The highest BCUT2D eigenvalue weighted by Gasteiger charge is 2.61. The van der Waals surface area contributed by atoms with Crippen LogP contribution in [0, 0.1) is 26.7 Å². The van der Waals surface area contributed by atoms with Crippen molar-refractivity contribution in [2.24, 2.45) is 5.92 Å². The van der Waals surface area contributed by atoms with Gasteiger partial charge in [-0.3, -0.25) is 9.69 Å². The molecule has 1 saturated heterocycles. The molecule has 2 aliphatic rings. The van der Waals surface area contributed by atoms with E-state index in [1.54, 1.807) is 18.9 Å². The topological polar surface area (TPSA) is 79.9 Å². The van der Waals surface area contributed by atoms with E-state index in [9.17, 15) is 9.59 Å². The summed E-state index contributed by atoms with van der Waals surface area (Å²) in [5.74, 6) is 0.0844. The van der Waals surface area contributed by atoms with Crippen LogP contribution in [0.15, 0.2) is 60.7 Å². The van der Waals surface area contributed by atoms with Gasteiger partial charge in [0.25, 0.3) is 0 Å². The highest BCUT2D eigenvalue weighted by molar-refractivity contribution is 6.02. The van der Waals surface area contributed by atoms with E-state index in [2.05, 4.69) is 10.6 Å². The first-order chi connectivity index (χ1) is 16.7. The van der Waals surface area contributed by atoms with Gasteiger partial charge in [0.2, 0.25) is 11.6 Å². The molecule has 0 spiro atoms. The molecule has 3 aromatic rings. The van der Waals surface area contributed by atoms with Crippen LogP contribution in [0.2, 0.25) is 0 Å². The Morgan fingerprint density at radius 1 is 1.06 bits per heavy atom. The lowest BCUT2D eigenvalue weighted by molar-refractivity contribution is -0.131. The molecule has 3 amide bonds. The van der Waals surface area contributed by atoms with E-state index in [1.807, 2.05) is 81.4 Å². The standard InChI is InChI=1S/C28H29N3O4/c1-16-13-14-20(18(3)15-16)29-26(32)23-24-19-10-8-12-22(34-5)25(19)35-28(23,4)31(27(33)30-24)21-11-7-6-9-17(21)2/h6-15,23-24H,1-5H3,(H,29,32)(H,30,33)/t23-,24-,28-/m0/s1. The van der Waals surface area contributed by atoms with E-state index < -0.39 is 17.7 Å².